The molecule has 0 fully saturated rings. The summed E-state index contributed by atoms with van der Waals surface area (Å²) in [4.78, 5) is 15.1. The minimum Gasteiger partial charge on any atom is -0.309 e. The Morgan fingerprint density at radius 2 is 0.836 bits per heavy atom. The van der Waals surface area contributed by atoms with Gasteiger partial charge in [-0.2, -0.15) is 0 Å². The van der Waals surface area contributed by atoms with Gasteiger partial charge >= 0.3 is 0 Å². The summed E-state index contributed by atoms with van der Waals surface area (Å²) in [5, 5.41) is 1.19. The molecule has 0 atom stereocenters. The zero-order chi connectivity index (χ0) is 40.0. The van der Waals surface area contributed by atoms with E-state index in [1.165, 1.54) is 0 Å². The van der Waals surface area contributed by atoms with Crippen LogP contribution in [0.25, 0.3) is 95.0 Å². The van der Waals surface area contributed by atoms with Gasteiger partial charge in [0.1, 0.15) is 0 Å². The van der Waals surface area contributed by atoms with Crippen LogP contribution in [0, 0.1) is 0 Å². The number of fused-ring (bicyclic) bond motifs is 3. The van der Waals surface area contributed by atoms with Gasteiger partial charge in [0.25, 0.3) is 0 Å². The number of benzene rings is 8. The second kappa shape index (κ2) is 13.8. The third kappa shape index (κ3) is 6.06. The molecule has 10 aromatic rings. The van der Waals surface area contributed by atoms with Crippen molar-refractivity contribution in [1.82, 2.24) is 19.5 Å². The Kier molecular flexibility index (Phi) is 7.08. The van der Waals surface area contributed by atoms with Crippen molar-refractivity contribution in [2.24, 2.45) is 0 Å². The maximum absolute atomic E-state index is 9.41. The molecule has 0 amide bonds. The Hall–Kier alpha value is -7.43. The van der Waals surface area contributed by atoms with Gasteiger partial charge in [-0.05, 0) is 69.8 Å². The van der Waals surface area contributed by atoms with E-state index in [9.17, 15) is 2.74 Å². The summed E-state index contributed by atoms with van der Waals surface area (Å²) in [5.41, 5.74) is 10.1. The highest BCUT2D eigenvalue weighted by Crippen LogP contribution is 2.41. The van der Waals surface area contributed by atoms with Gasteiger partial charge in [-0.25, -0.2) is 15.0 Å². The lowest BCUT2D eigenvalue weighted by atomic mass is 9.96. The average molecular weight is 707 g/mol. The normalized spacial score (nSPS) is 12.3. The van der Waals surface area contributed by atoms with E-state index in [1.54, 1.807) is 0 Å². The summed E-state index contributed by atoms with van der Waals surface area (Å²) < 4.78 is 38.4. The molecule has 10 rings (SSSR count). The zero-order valence-corrected chi connectivity index (χ0v) is 29.6. The lowest BCUT2D eigenvalue weighted by Gasteiger charge is -2.14. The highest BCUT2D eigenvalue weighted by molar-refractivity contribution is 6.16. The fourth-order valence-electron chi connectivity index (χ4n) is 7.37. The highest BCUT2D eigenvalue weighted by Gasteiger charge is 2.19. The van der Waals surface area contributed by atoms with Crippen molar-refractivity contribution < 1.29 is 5.48 Å². The van der Waals surface area contributed by atoms with Crippen LogP contribution < -0.4 is 0 Å². The molecule has 8 aromatic carbocycles. The molecule has 55 heavy (non-hydrogen) atoms. The number of hydrogen-bond donors (Lipinski definition) is 0. The smallest absolute Gasteiger partial charge is 0.164 e. The van der Waals surface area contributed by atoms with Crippen LogP contribution >= 0.6 is 0 Å². The predicted octanol–water partition coefficient (Wildman–Crippen LogP) is 13.0. The van der Waals surface area contributed by atoms with E-state index in [2.05, 4.69) is 54.6 Å². The van der Waals surface area contributed by atoms with Gasteiger partial charge in [-0.15, -0.1) is 0 Å². The number of para-hydroxylation sites is 1. The molecule has 2 heterocycles. The van der Waals surface area contributed by atoms with Gasteiger partial charge in [0.2, 0.25) is 0 Å². The monoisotopic (exact) mass is 706 g/mol. The Balaban J connectivity index is 1.28. The number of rotatable bonds is 7. The third-order valence-electron chi connectivity index (χ3n) is 9.95. The van der Waals surface area contributed by atoms with Crippen LogP contribution in [-0.4, -0.2) is 19.5 Å². The fourth-order valence-corrected chi connectivity index (χ4v) is 7.37. The molecule has 0 aliphatic carbocycles. The van der Waals surface area contributed by atoms with Crippen LogP contribution in [0.15, 0.2) is 206 Å². The summed E-state index contributed by atoms with van der Waals surface area (Å²) in [6.45, 7) is 0. The quantitative estimate of drug-likeness (QED) is 0.166. The number of hydrogen-bond acceptors (Lipinski definition) is 3. The summed E-state index contributed by atoms with van der Waals surface area (Å²) >= 11 is 0. The average Bonchev–Trinajstić information content (AvgIpc) is 3.67. The second-order valence-electron chi connectivity index (χ2n) is 13.4. The van der Waals surface area contributed by atoms with Gasteiger partial charge in [-0.3, -0.25) is 0 Å². The van der Waals surface area contributed by atoms with Crippen molar-refractivity contribution in [3.05, 3.63) is 206 Å². The van der Waals surface area contributed by atoms with Crippen LogP contribution in [0.2, 0.25) is 0 Å². The molecule has 0 saturated heterocycles. The van der Waals surface area contributed by atoms with Crippen LogP contribution in [0.1, 0.15) is 5.48 Å². The Morgan fingerprint density at radius 1 is 0.364 bits per heavy atom. The van der Waals surface area contributed by atoms with Gasteiger partial charge in [-0.1, -0.05) is 170 Å². The van der Waals surface area contributed by atoms with Crippen LogP contribution in [0.5, 0.6) is 0 Å². The fraction of sp³-hybridized carbons (Fsp3) is 0. The predicted molar refractivity (Wildman–Crippen MR) is 227 cm³/mol. The molecule has 0 aliphatic rings. The molecular weight excluding hydrogens is 669 g/mol. The maximum Gasteiger partial charge on any atom is 0.164 e. The van der Waals surface area contributed by atoms with Crippen molar-refractivity contribution in [2.45, 2.75) is 0 Å². The van der Waals surface area contributed by atoms with E-state index in [-0.39, 0.29) is 24.2 Å². The zero-order valence-electron chi connectivity index (χ0n) is 33.6. The second-order valence-corrected chi connectivity index (χ2v) is 13.4. The highest BCUT2D eigenvalue weighted by atomic mass is 15.0. The summed E-state index contributed by atoms with van der Waals surface area (Å²) in [6.07, 6.45) is 0. The Morgan fingerprint density at radius 3 is 1.47 bits per heavy atom. The molecule has 0 unspecified atom stereocenters. The first kappa shape index (κ1) is 28.1. The molecule has 0 saturated carbocycles. The molecule has 4 nitrogen and oxygen atoms in total. The van der Waals surface area contributed by atoms with E-state index >= 15 is 0 Å². The standard InChI is InChI=1S/C51H34N4/c1-5-17-35(18-6-1)39-25-15-26-40(31-39)44-28-16-30-47-48(44)45-27-13-14-29-46(45)55(47)43-33-41(36-19-7-2-8-20-36)32-42(34-43)51-53-49(37-21-9-3-10-22-37)52-50(54-51)38-23-11-4-12-24-38/h1-34H/i13D,14D,27D,29D. The van der Waals surface area contributed by atoms with E-state index in [4.69, 9.17) is 17.7 Å². The van der Waals surface area contributed by atoms with Crippen molar-refractivity contribution in [3.63, 3.8) is 0 Å². The molecule has 4 heteroatoms. The topological polar surface area (TPSA) is 43.6 Å². The number of nitrogens with zero attached hydrogens (tertiary/aromatic N) is 4. The first-order valence-electron chi connectivity index (χ1n) is 20.2. The first-order valence-corrected chi connectivity index (χ1v) is 18.2. The largest absolute Gasteiger partial charge is 0.309 e. The van der Waals surface area contributed by atoms with Crippen LogP contribution in [-0.2, 0) is 0 Å². The minimum atomic E-state index is -0.295. The minimum absolute atomic E-state index is 0.0895. The number of aromatic nitrogens is 4. The van der Waals surface area contributed by atoms with Gasteiger partial charge < -0.3 is 4.57 Å². The lowest BCUT2D eigenvalue weighted by Crippen LogP contribution is -2.01. The molecule has 2 aromatic heterocycles. The molecule has 0 radical (unpaired) electrons. The molecular formula is C51H34N4. The van der Waals surface area contributed by atoms with Crippen molar-refractivity contribution >= 4 is 21.8 Å². The van der Waals surface area contributed by atoms with E-state index < -0.39 is 0 Å². The molecule has 0 N–H and O–H groups in total. The van der Waals surface area contributed by atoms with Crippen molar-refractivity contribution in [1.29, 1.82) is 0 Å². The van der Waals surface area contributed by atoms with Crippen LogP contribution in [0.4, 0.5) is 0 Å². The van der Waals surface area contributed by atoms with Gasteiger partial charge in [0.05, 0.1) is 16.5 Å². The third-order valence-corrected chi connectivity index (χ3v) is 9.95. The first-order chi connectivity index (χ1) is 28.9. The molecule has 0 spiro atoms. The van der Waals surface area contributed by atoms with Crippen LogP contribution in [0.3, 0.4) is 0 Å². The summed E-state index contributed by atoms with van der Waals surface area (Å²) in [5.74, 6) is 1.54. The summed E-state index contributed by atoms with van der Waals surface area (Å²) in [6, 6.07) is 59.7. The van der Waals surface area contributed by atoms with Gasteiger partial charge in [0.15, 0.2) is 17.5 Å². The molecule has 0 aliphatic heterocycles. The Labute approximate surface area is 325 Å². The van der Waals surface area contributed by atoms with E-state index in [1.807, 2.05) is 132 Å². The SMILES string of the molecule is [2H]c1c([2H])c([2H])c2c(c1[2H])c1c(-c3cccc(-c4ccccc4)c3)cccc1n2-c1cc(-c2ccccc2)cc(-c2nc(-c3ccccc3)nc(-c3ccccc3)n2)c1. The summed E-state index contributed by atoms with van der Waals surface area (Å²) in [7, 11) is 0. The molecule has 258 valence electrons. The van der Waals surface area contributed by atoms with E-state index in [0.717, 1.165) is 61.0 Å². The van der Waals surface area contributed by atoms with Gasteiger partial charge in [0, 0.05) is 33.2 Å². The van der Waals surface area contributed by atoms with Crippen molar-refractivity contribution in [3.8, 4) is 73.2 Å². The van der Waals surface area contributed by atoms with E-state index in [0.29, 0.717) is 34.1 Å². The van der Waals surface area contributed by atoms with Crippen molar-refractivity contribution in [2.75, 3.05) is 0 Å². The lowest BCUT2D eigenvalue weighted by molar-refractivity contribution is 1.07. The molecule has 0 bridgehead atoms. The Bertz CT molecular complexity index is 3130. The maximum atomic E-state index is 9.41.